The molecule has 0 bridgehead atoms. The van der Waals surface area contributed by atoms with Crippen LogP contribution in [-0.4, -0.2) is 23.0 Å². The third-order valence-electron chi connectivity index (χ3n) is 4.22. The summed E-state index contributed by atoms with van der Waals surface area (Å²) in [7, 11) is 0.254. The van der Waals surface area contributed by atoms with Gasteiger partial charge in [0, 0.05) is 5.56 Å². The Bertz CT molecular complexity index is 596. The minimum atomic E-state index is 0.254. The van der Waals surface area contributed by atoms with Crippen LogP contribution in [0.5, 0.6) is 0 Å². The molecule has 0 aliphatic rings. The molecule has 0 saturated heterocycles. The van der Waals surface area contributed by atoms with Gasteiger partial charge in [-0.2, -0.15) is 0 Å². The minimum absolute atomic E-state index is 0.254. The first kappa shape index (κ1) is 18.8. The number of carbonyl (C=O) groups is 1. The van der Waals surface area contributed by atoms with Gasteiger partial charge >= 0.3 is 0 Å². The molecule has 0 N–H and O–H groups in total. The fraction of sp³-hybridized carbons (Fsp3) is 0.409. The van der Waals surface area contributed by atoms with Crippen LogP contribution in [0.1, 0.15) is 49.9 Å². The van der Waals surface area contributed by atoms with Crippen LogP contribution in [0.25, 0.3) is 11.1 Å². The molecule has 2 aromatic rings. The van der Waals surface area contributed by atoms with E-state index in [2.05, 4.69) is 38.1 Å². The third-order valence-corrected chi connectivity index (χ3v) is 6.62. The maximum atomic E-state index is 12.6. The first-order valence-corrected chi connectivity index (χ1v) is 10.8. The fourth-order valence-corrected chi connectivity index (χ4v) is 5.12. The van der Waals surface area contributed by atoms with Crippen molar-refractivity contribution in [3.8, 4) is 11.1 Å². The van der Waals surface area contributed by atoms with Crippen molar-refractivity contribution in [1.29, 1.82) is 0 Å². The molecule has 0 amide bonds. The molecular formula is C22H29OS+. The van der Waals surface area contributed by atoms with Gasteiger partial charge in [-0.05, 0) is 34.9 Å². The molecule has 0 unspecified atom stereocenters. The van der Waals surface area contributed by atoms with Crippen LogP contribution in [0.2, 0.25) is 0 Å². The summed E-state index contributed by atoms with van der Waals surface area (Å²) in [5.41, 5.74) is 3.23. The Labute approximate surface area is 149 Å². The van der Waals surface area contributed by atoms with Crippen molar-refractivity contribution in [3.63, 3.8) is 0 Å². The molecule has 0 fully saturated rings. The maximum Gasteiger partial charge on any atom is 0.211 e. The summed E-state index contributed by atoms with van der Waals surface area (Å²) in [6.45, 7) is 4.46. The second kappa shape index (κ2) is 10.4. The summed E-state index contributed by atoms with van der Waals surface area (Å²) in [6.07, 6.45) is 4.92. The molecule has 0 atom stereocenters. The number of hydrogen-bond acceptors (Lipinski definition) is 1. The van der Waals surface area contributed by atoms with E-state index in [1.54, 1.807) is 0 Å². The summed E-state index contributed by atoms with van der Waals surface area (Å²) < 4.78 is 0. The van der Waals surface area contributed by atoms with Gasteiger partial charge in [0.1, 0.15) is 11.5 Å². The summed E-state index contributed by atoms with van der Waals surface area (Å²) in [5, 5.41) is 0. The number of ketones is 1. The lowest BCUT2D eigenvalue weighted by Gasteiger charge is -2.08. The van der Waals surface area contributed by atoms with E-state index in [4.69, 9.17) is 0 Å². The van der Waals surface area contributed by atoms with E-state index in [0.29, 0.717) is 5.78 Å². The van der Waals surface area contributed by atoms with Gasteiger partial charge in [0.05, 0.1) is 0 Å². The molecule has 128 valence electrons. The zero-order chi connectivity index (χ0) is 17.2. The van der Waals surface area contributed by atoms with E-state index in [1.807, 2.05) is 30.3 Å². The van der Waals surface area contributed by atoms with Crippen LogP contribution in [-0.2, 0) is 10.9 Å². The SMILES string of the molecule is CCCC[S+](CCCC)CC(=O)c1ccc(-c2ccccc2)cc1. The van der Waals surface area contributed by atoms with E-state index in [-0.39, 0.29) is 10.9 Å². The van der Waals surface area contributed by atoms with E-state index >= 15 is 0 Å². The molecule has 0 aromatic heterocycles. The molecule has 2 heteroatoms. The van der Waals surface area contributed by atoms with Crippen molar-refractivity contribution in [2.75, 3.05) is 17.3 Å². The maximum absolute atomic E-state index is 12.6. The number of hydrogen-bond donors (Lipinski definition) is 0. The van der Waals surface area contributed by atoms with Crippen LogP contribution in [0.3, 0.4) is 0 Å². The zero-order valence-electron chi connectivity index (χ0n) is 15.0. The molecule has 0 heterocycles. The molecule has 0 radical (unpaired) electrons. The van der Waals surface area contributed by atoms with Crippen LogP contribution >= 0.6 is 0 Å². The van der Waals surface area contributed by atoms with Crippen molar-refractivity contribution in [3.05, 3.63) is 60.2 Å². The van der Waals surface area contributed by atoms with Crippen LogP contribution in [0.15, 0.2) is 54.6 Å². The molecule has 1 nitrogen and oxygen atoms in total. The zero-order valence-corrected chi connectivity index (χ0v) is 15.8. The summed E-state index contributed by atoms with van der Waals surface area (Å²) in [4.78, 5) is 12.6. The Morgan fingerprint density at radius 1 is 0.792 bits per heavy atom. The molecule has 0 spiro atoms. The Hall–Kier alpha value is -1.54. The highest BCUT2D eigenvalue weighted by Gasteiger charge is 2.22. The Balaban J connectivity index is 2.00. The highest BCUT2D eigenvalue weighted by atomic mass is 32.2. The van der Waals surface area contributed by atoms with E-state index in [1.165, 1.54) is 48.3 Å². The molecular weight excluding hydrogens is 312 g/mol. The number of carbonyl (C=O) groups excluding carboxylic acids is 1. The van der Waals surface area contributed by atoms with Gasteiger partial charge in [-0.1, -0.05) is 81.3 Å². The molecule has 2 aromatic carbocycles. The van der Waals surface area contributed by atoms with Crippen molar-refractivity contribution >= 4 is 16.7 Å². The quantitative estimate of drug-likeness (QED) is 0.397. The first-order chi connectivity index (χ1) is 11.7. The van der Waals surface area contributed by atoms with Gasteiger partial charge in [-0.15, -0.1) is 0 Å². The fourth-order valence-electron chi connectivity index (χ4n) is 2.69. The predicted molar refractivity (Wildman–Crippen MR) is 108 cm³/mol. The Kier molecular flexibility index (Phi) is 8.11. The largest absolute Gasteiger partial charge is 0.289 e. The van der Waals surface area contributed by atoms with Gasteiger partial charge in [-0.3, -0.25) is 4.79 Å². The van der Waals surface area contributed by atoms with Crippen LogP contribution in [0, 0.1) is 0 Å². The molecule has 24 heavy (non-hydrogen) atoms. The van der Waals surface area contributed by atoms with E-state index in [9.17, 15) is 4.79 Å². The number of Topliss-reactive ketones (excluding diaryl/α,β-unsaturated/α-hetero) is 1. The van der Waals surface area contributed by atoms with Gasteiger partial charge in [0.15, 0.2) is 5.75 Å². The van der Waals surface area contributed by atoms with Gasteiger partial charge in [-0.25, -0.2) is 0 Å². The lowest BCUT2D eigenvalue weighted by Crippen LogP contribution is -2.22. The van der Waals surface area contributed by atoms with Crippen LogP contribution < -0.4 is 0 Å². The smallest absolute Gasteiger partial charge is 0.211 e. The summed E-state index contributed by atoms with van der Waals surface area (Å²) in [5.74, 6) is 3.46. The molecule has 2 rings (SSSR count). The summed E-state index contributed by atoms with van der Waals surface area (Å²) >= 11 is 0. The Morgan fingerprint density at radius 2 is 1.33 bits per heavy atom. The number of unbranched alkanes of at least 4 members (excludes halogenated alkanes) is 2. The van der Waals surface area contributed by atoms with E-state index in [0.717, 1.165) is 11.3 Å². The van der Waals surface area contributed by atoms with Crippen molar-refractivity contribution in [2.24, 2.45) is 0 Å². The van der Waals surface area contributed by atoms with Crippen LogP contribution in [0.4, 0.5) is 0 Å². The second-order valence-electron chi connectivity index (χ2n) is 6.24. The van der Waals surface area contributed by atoms with Crippen molar-refractivity contribution < 1.29 is 4.79 Å². The standard InChI is InChI=1S/C22H29OS/c1-3-5-16-24(17-6-4-2)18-22(23)21-14-12-20(13-15-21)19-10-8-7-9-11-19/h7-15H,3-6,16-18H2,1-2H3/q+1. The lowest BCUT2D eigenvalue weighted by molar-refractivity contribution is 0.102. The number of rotatable bonds is 10. The minimum Gasteiger partial charge on any atom is -0.289 e. The highest BCUT2D eigenvalue weighted by molar-refractivity contribution is 7.97. The van der Waals surface area contributed by atoms with Gasteiger partial charge in [0.2, 0.25) is 5.78 Å². The average molecular weight is 342 g/mol. The third kappa shape index (κ3) is 5.83. The Morgan fingerprint density at radius 3 is 1.88 bits per heavy atom. The van der Waals surface area contributed by atoms with Gasteiger partial charge < -0.3 is 0 Å². The van der Waals surface area contributed by atoms with Crippen molar-refractivity contribution in [1.82, 2.24) is 0 Å². The monoisotopic (exact) mass is 341 g/mol. The van der Waals surface area contributed by atoms with E-state index < -0.39 is 0 Å². The average Bonchev–Trinajstić information content (AvgIpc) is 2.64. The molecule has 0 saturated carbocycles. The number of benzene rings is 2. The predicted octanol–water partition coefficient (Wildman–Crippen LogP) is 5.75. The second-order valence-corrected chi connectivity index (χ2v) is 8.57. The first-order valence-electron chi connectivity index (χ1n) is 9.07. The normalized spacial score (nSPS) is 11.0. The van der Waals surface area contributed by atoms with Gasteiger partial charge in [0.25, 0.3) is 0 Å². The van der Waals surface area contributed by atoms with Crippen molar-refractivity contribution in [2.45, 2.75) is 39.5 Å². The molecule has 0 aliphatic carbocycles. The summed E-state index contributed by atoms with van der Waals surface area (Å²) in [6, 6.07) is 18.4. The lowest BCUT2D eigenvalue weighted by atomic mass is 10.0. The molecule has 0 aliphatic heterocycles. The topological polar surface area (TPSA) is 17.1 Å². The highest BCUT2D eigenvalue weighted by Crippen LogP contribution is 2.20.